The number of nitrogens with two attached hydrogens (primary N) is 1. The van der Waals surface area contributed by atoms with Crippen LogP contribution in [-0.4, -0.2) is 26.9 Å². The van der Waals surface area contributed by atoms with Gasteiger partial charge in [-0.3, -0.25) is 9.48 Å². The highest BCUT2D eigenvalue weighted by molar-refractivity contribution is 5.76. The summed E-state index contributed by atoms with van der Waals surface area (Å²) in [6.45, 7) is 0.736. The first kappa shape index (κ1) is 12.0. The third-order valence-electron chi connectivity index (χ3n) is 3.35. The minimum Gasteiger partial charge on any atom is -0.369 e. The van der Waals surface area contributed by atoms with E-state index in [2.05, 4.69) is 15.6 Å². The Hall–Kier alpha value is -1.43. The Morgan fingerprint density at radius 1 is 1.53 bits per heavy atom. The number of aryl methyl sites for hydroxylation is 1. The largest absolute Gasteiger partial charge is 0.369 e. The van der Waals surface area contributed by atoms with Gasteiger partial charge in [0.05, 0.1) is 5.69 Å². The summed E-state index contributed by atoms with van der Waals surface area (Å²) in [5.74, 6) is -0.0815. The molecule has 17 heavy (non-hydrogen) atoms. The molecule has 1 aliphatic rings. The van der Waals surface area contributed by atoms with E-state index in [1.54, 1.807) is 4.68 Å². The molecule has 2 rings (SSSR count). The van der Waals surface area contributed by atoms with Crippen molar-refractivity contribution in [1.82, 2.24) is 20.3 Å². The molecule has 0 radical (unpaired) electrons. The maximum atomic E-state index is 11.0. The topological polar surface area (TPSA) is 85.8 Å². The van der Waals surface area contributed by atoms with Crippen molar-refractivity contribution in [1.29, 1.82) is 0 Å². The second-order valence-corrected chi connectivity index (χ2v) is 4.72. The summed E-state index contributed by atoms with van der Waals surface area (Å²) in [6.07, 6.45) is 5.71. The average Bonchev–Trinajstić information content (AvgIpc) is 2.73. The monoisotopic (exact) mass is 237 g/mol. The predicted octanol–water partition coefficient (Wildman–Crippen LogP) is -0.0512. The fraction of sp³-hybridized carbons (Fsp3) is 0.727. The lowest BCUT2D eigenvalue weighted by atomic mass is 9.85. The van der Waals surface area contributed by atoms with Gasteiger partial charge in [0.2, 0.25) is 5.91 Å². The van der Waals surface area contributed by atoms with Crippen LogP contribution in [0.15, 0.2) is 6.20 Å². The first-order valence-electron chi connectivity index (χ1n) is 6.03. The van der Waals surface area contributed by atoms with Crippen molar-refractivity contribution in [2.45, 2.75) is 38.3 Å². The van der Waals surface area contributed by atoms with Crippen LogP contribution in [0, 0.1) is 5.92 Å². The van der Waals surface area contributed by atoms with Gasteiger partial charge < -0.3 is 11.1 Å². The van der Waals surface area contributed by atoms with E-state index in [0.29, 0.717) is 6.04 Å². The molecule has 1 heterocycles. The smallest absolute Gasteiger partial charge is 0.220 e. The minimum atomic E-state index is -0.155. The molecule has 0 atom stereocenters. The Bertz CT molecular complexity index is 381. The molecule has 1 fully saturated rings. The van der Waals surface area contributed by atoms with Gasteiger partial charge in [0.25, 0.3) is 0 Å². The number of aromatic nitrogens is 3. The number of amides is 1. The van der Waals surface area contributed by atoms with E-state index in [-0.39, 0.29) is 11.8 Å². The molecule has 0 bridgehead atoms. The molecule has 1 amide bonds. The van der Waals surface area contributed by atoms with Gasteiger partial charge in [-0.25, -0.2) is 0 Å². The summed E-state index contributed by atoms with van der Waals surface area (Å²) < 4.78 is 1.70. The number of carbonyl (C=O) groups excluding carboxylic acids is 1. The molecule has 0 spiro atoms. The van der Waals surface area contributed by atoms with Gasteiger partial charge in [-0.1, -0.05) is 5.21 Å². The standard InChI is InChI=1S/C11H19N5O/c1-16-7-10(14-15-16)6-13-9-4-2-8(3-5-9)11(12)17/h7-9,13H,2-6H2,1H3,(H2,12,17). The number of rotatable bonds is 4. The molecule has 94 valence electrons. The van der Waals surface area contributed by atoms with Crippen molar-refractivity contribution in [2.75, 3.05) is 0 Å². The van der Waals surface area contributed by atoms with Gasteiger partial charge >= 0.3 is 0 Å². The Kier molecular flexibility index (Phi) is 3.73. The van der Waals surface area contributed by atoms with E-state index < -0.39 is 0 Å². The van der Waals surface area contributed by atoms with Crippen LogP contribution in [-0.2, 0) is 18.4 Å². The second kappa shape index (κ2) is 5.27. The van der Waals surface area contributed by atoms with Crippen LogP contribution in [0.2, 0.25) is 0 Å². The van der Waals surface area contributed by atoms with Crippen LogP contribution < -0.4 is 11.1 Å². The number of hydrogen-bond acceptors (Lipinski definition) is 4. The zero-order valence-electron chi connectivity index (χ0n) is 10.1. The zero-order chi connectivity index (χ0) is 12.3. The summed E-state index contributed by atoms with van der Waals surface area (Å²) in [6, 6.07) is 0.465. The van der Waals surface area contributed by atoms with Crippen molar-refractivity contribution in [3.05, 3.63) is 11.9 Å². The first-order valence-corrected chi connectivity index (χ1v) is 6.03. The summed E-state index contributed by atoms with van der Waals surface area (Å²) in [7, 11) is 1.86. The Morgan fingerprint density at radius 3 is 2.76 bits per heavy atom. The summed E-state index contributed by atoms with van der Waals surface area (Å²) in [4.78, 5) is 11.0. The molecule has 6 nitrogen and oxygen atoms in total. The fourth-order valence-corrected chi connectivity index (χ4v) is 2.31. The van der Waals surface area contributed by atoms with Crippen LogP contribution in [0.4, 0.5) is 0 Å². The van der Waals surface area contributed by atoms with E-state index in [9.17, 15) is 4.79 Å². The van der Waals surface area contributed by atoms with Crippen molar-refractivity contribution in [3.8, 4) is 0 Å². The number of primary amides is 1. The van der Waals surface area contributed by atoms with Crippen molar-refractivity contribution < 1.29 is 4.79 Å². The van der Waals surface area contributed by atoms with E-state index in [4.69, 9.17) is 5.73 Å². The zero-order valence-corrected chi connectivity index (χ0v) is 10.1. The van der Waals surface area contributed by atoms with Gasteiger partial charge in [0.1, 0.15) is 0 Å². The Labute approximate surface area is 101 Å². The molecular weight excluding hydrogens is 218 g/mol. The van der Waals surface area contributed by atoms with E-state index in [1.807, 2.05) is 13.2 Å². The molecule has 3 N–H and O–H groups in total. The van der Waals surface area contributed by atoms with E-state index >= 15 is 0 Å². The van der Waals surface area contributed by atoms with Crippen LogP contribution >= 0.6 is 0 Å². The van der Waals surface area contributed by atoms with Crippen molar-refractivity contribution in [2.24, 2.45) is 18.7 Å². The first-order chi connectivity index (χ1) is 8.15. The van der Waals surface area contributed by atoms with Crippen LogP contribution in [0.25, 0.3) is 0 Å². The molecule has 1 aromatic rings. The fourth-order valence-electron chi connectivity index (χ4n) is 2.31. The number of nitrogens with zero attached hydrogens (tertiary/aromatic N) is 3. The lowest BCUT2D eigenvalue weighted by molar-refractivity contribution is -0.122. The Balaban J connectivity index is 1.73. The predicted molar refractivity (Wildman–Crippen MR) is 62.8 cm³/mol. The van der Waals surface area contributed by atoms with Crippen LogP contribution in [0.1, 0.15) is 31.4 Å². The number of hydrogen-bond donors (Lipinski definition) is 2. The van der Waals surface area contributed by atoms with Crippen molar-refractivity contribution >= 4 is 5.91 Å². The number of carbonyl (C=O) groups is 1. The van der Waals surface area contributed by atoms with Crippen molar-refractivity contribution in [3.63, 3.8) is 0 Å². The third-order valence-corrected chi connectivity index (χ3v) is 3.35. The summed E-state index contributed by atoms with van der Waals surface area (Å²) >= 11 is 0. The second-order valence-electron chi connectivity index (χ2n) is 4.72. The summed E-state index contributed by atoms with van der Waals surface area (Å²) in [5, 5.41) is 11.3. The molecule has 1 saturated carbocycles. The molecule has 1 aromatic heterocycles. The van der Waals surface area contributed by atoms with Crippen LogP contribution in [0.5, 0.6) is 0 Å². The molecule has 0 unspecified atom stereocenters. The molecule has 0 saturated heterocycles. The maximum Gasteiger partial charge on any atom is 0.220 e. The number of nitrogens with one attached hydrogen (secondary N) is 1. The van der Waals surface area contributed by atoms with Gasteiger partial charge in [0, 0.05) is 31.7 Å². The van der Waals surface area contributed by atoms with Gasteiger partial charge in [-0.15, -0.1) is 5.10 Å². The highest BCUT2D eigenvalue weighted by atomic mass is 16.1. The molecule has 0 aliphatic heterocycles. The maximum absolute atomic E-state index is 11.0. The summed E-state index contributed by atoms with van der Waals surface area (Å²) in [5.41, 5.74) is 6.25. The lowest BCUT2D eigenvalue weighted by Crippen LogP contribution is -2.36. The normalized spacial score (nSPS) is 24.8. The SMILES string of the molecule is Cn1cc(CNC2CCC(C(N)=O)CC2)nn1. The van der Waals surface area contributed by atoms with Crippen LogP contribution in [0.3, 0.4) is 0 Å². The highest BCUT2D eigenvalue weighted by Gasteiger charge is 2.24. The van der Waals surface area contributed by atoms with Gasteiger partial charge in [0.15, 0.2) is 0 Å². The van der Waals surface area contributed by atoms with E-state index in [1.165, 1.54) is 0 Å². The molecule has 6 heteroatoms. The van der Waals surface area contributed by atoms with Gasteiger partial charge in [-0.05, 0) is 25.7 Å². The highest BCUT2D eigenvalue weighted by Crippen LogP contribution is 2.23. The van der Waals surface area contributed by atoms with Gasteiger partial charge in [-0.2, -0.15) is 0 Å². The molecule has 0 aromatic carbocycles. The molecular formula is C11H19N5O. The van der Waals surface area contributed by atoms with E-state index in [0.717, 1.165) is 37.9 Å². The average molecular weight is 237 g/mol. The Morgan fingerprint density at radius 2 is 2.24 bits per heavy atom. The third kappa shape index (κ3) is 3.26. The quantitative estimate of drug-likeness (QED) is 0.768. The minimum absolute atomic E-state index is 0.0737. The molecule has 1 aliphatic carbocycles. The lowest BCUT2D eigenvalue weighted by Gasteiger charge is -2.27.